The van der Waals surface area contributed by atoms with Crippen LogP contribution in [-0.2, 0) is 0 Å². The van der Waals surface area contributed by atoms with Crippen LogP contribution in [0.3, 0.4) is 0 Å². The van der Waals surface area contributed by atoms with Crippen molar-refractivity contribution in [3.63, 3.8) is 0 Å². The van der Waals surface area contributed by atoms with Crippen molar-refractivity contribution in [3.8, 4) is 11.4 Å². The Hall–Kier alpha value is -3.43. The highest BCUT2D eigenvalue weighted by molar-refractivity contribution is 5.97. The number of halogens is 2. The topological polar surface area (TPSA) is 110 Å². The molecule has 150 valence electrons. The Morgan fingerprint density at radius 1 is 1.28 bits per heavy atom. The number of hydrogen-bond acceptors (Lipinski definition) is 6. The lowest BCUT2D eigenvalue weighted by atomic mass is 9.95. The SMILES string of the molecule is N=C(/C=C\c1ncc(-c2cc(N3CCCC(c4cnc[nH]4)C3)ncn2)[nH]1)C(F)F. The number of aromatic nitrogens is 6. The summed E-state index contributed by atoms with van der Waals surface area (Å²) >= 11 is 0. The average Bonchev–Trinajstić information content (AvgIpc) is 3.44. The fraction of sp³-hybridized carbons (Fsp3) is 0.316. The van der Waals surface area contributed by atoms with Crippen molar-refractivity contribution in [1.82, 2.24) is 29.9 Å². The van der Waals surface area contributed by atoms with Gasteiger partial charge in [0.1, 0.15) is 18.0 Å². The summed E-state index contributed by atoms with van der Waals surface area (Å²) in [6.07, 6.45) is 8.38. The summed E-state index contributed by atoms with van der Waals surface area (Å²) < 4.78 is 24.8. The number of H-pyrrole nitrogens is 2. The molecule has 0 aliphatic carbocycles. The Bertz CT molecular complexity index is 995. The number of nitrogens with zero attached hydrogens (tertiary/aromatic N) is 5. The van der Waals surface area contributed by atoms with Crippen LogP contribution in [0.2, 0.25) is 0 Å². The van der Waals surface area contributed by atoms with Gasteiger partial charge in [-0.1, -0.05) is 0 Å². The molecular weight excluding hydrogens is 378 g/mol. The molecule has 3 N–H and O–H groups in total. The van der Waals surface area contributed by atoms with Crippen LogP contribution in [0, 0.1) is 5.41 Å². The molecule has 29 heavy (non-hydrogen) atoms. The van der Waals surface area contributed by atoms with Gasteiger partial charge in [-0.3, -0.25) is 5.41 Å². The van der Waals surface area contributed by atoms with E-state index in [1.807, 2.05) is 12.3 Å². The fourth-order valence-corrected chi connectivity index (χ4v) is 3.39. The first-order valence-corrected chi connectivity index (χ1v) is 9.25. The normalized spacial score (nSPS) is 17.3. The maximum absolute atomic E-state index is 12.4. The standard InChI is InChI=1S/C19H20F2N8/c20-19(21)13(22)3-4-17-24-8-16(28-17)14-6-18(27-11-26-14)29-5-1-2-12(9-29)15-7-23-10-25-15/h3-4,6-8,10-12,19,22H,1-2,5,9H2,(H,23,25)(H,24,28)/b4-3-,22-13?. The molecule has 0 spiro atoms. The van der Waals surface area contributed by atoms with Gasteiger partial charge >= 0.3 is 0 Å². The van der Waals surface area contributed by atoms with E-state index in [-0.39, 0.29) is 0 Å². The van der Waals surface area contributed by atoms with Crippen LogP contribution in [0.25, 0.3) is 17.5 Å². The molecule has 1 aliphatic rings. The zero-order valence-corrected chi connectivity index (χ0v) is 15.5. The molecule has 8 nitrogen and oxygen atoms in total. The molecule has 1 atom stereocenters. The summed E-state index contributed by atoms with van der Waals surface area (Å²) in [6, 6.07) is 1.89. The van der Waals surface area contributed by atoms with E-state index >= 15 is 0 Å². The number of piperidine rings is 1. The minimum Gasteiger partial charge on any atom is -0.356 e. The molecular formula is C19H20F2N8. The quantitative estimate of drug-likeness (QED) is 0.552. The Kier molecular flexibility index (Phi) is 5.41. The lowest BCUT2D eigenvalue weighted by molar-refractivity contribution is 0.226. The molecule has 1 unspecified atom stereocenters. The summed E-state index contributed by atoms with van der Waals surface area (Å²) in [4.78, 5) is 25.4. The maximum Gasteiger partial charge on any atom is 0.279 e. The predicted molar refractivity (Wildman–Crippen MR) is 105 cm³/mol. The third-order valence-corrected chi connectivity index (χ3v) is 4.88. The first-order chi connectivity index (χ1) is 14.1. The fourth-order valence-electron chi connectivity index (χ4n) is 3.39. The maximum atomic E-state index is 12.4. The van der Waals surface area contributed by atoms with Crippen LogP contribution in [-0.4, -0.2) is 55.1 Å². The van der Waals surface area contributed by atoms with Gasteiger partial charge in [0.15, 0.2) is 0 Å². The van der Waals surface area contributed by atoms with Crippen molar-refractivity contribution >= 4 is 17.6 Å². The zero-order chi connectivity index (χ0) is 20.2. The van der Waals surface area contributed by atoms with Gasteiger partial charge in [-0.15, -0.1) is 0 Å². The molecule has 4 heterocycles. The van der Waals surface area contributed by atoms with E-state index in [9.17, 15) is 8.78 Å². The minimum absolute atomic E-state index is 0.374. The lowest BCUT2D eigenvalue weighted by Gasteiger charge is -2.33. The van der Waals surface area contributed by atoms with Crippen molar-refractivity contribution < 1.29 is 8.78 Å². The van der Waals surface area contributed by atoms with Gasteiger partial charge in [-0.25, -0.2) is 28.7 Å². The van der Waals surface area contributed by atoms with Crippen LogP contribution in [0.15, 0.2) is 37.2 Å². The summed E-state index contributed by atoms with van der Waals surface area (Å²) in [7, 11) is 0. The smallest absolute Gasteiger partial charge is 0.279 e. The molecule has 3 aromatic heterocycles. The van der Waals surface area contributed by atoms with Crippen LogP contribution >= 0.6 is 0 Å². The Balaban J connectivity index is 1.50. The Morgan fingerprint density at radius 2 is 2.17 bits per heavy atom. The van der Waals surface area contributed by atoms with Gasteiger partial charge in [0.25, 0.3) is 6.43 Å². The van der Waals surface area contributed by atoms with Gasteiger partial charge in [0.2, 0.25) is 0 Å². The minimum atomic E-state index is -2.81. The Morgan fingerprint density at radius 3 is 2.97 bits per heavy atom. The molecule has 0 amide bonds. The zero-order valence-electron chi connectivity index (χ0n) is 15.5. The molecule has 1 fully saturated rings. The lowest BCUT2D eigenvalue weighted by Crippen LogP contribution is -2.35. The van der Waals surface area contributed by atoms with Crippen molar-refractivity contribution in [2.75, 3.05) is 18.0 Å². The molecule has 1 aliphatic heterocycles. The van der Waals surface area contributed by atoms with Gasteiger partial charge in [-0.05, 0) is 25.0 Å². The second kappa shape index (κ2) is 8.29. The van der Waals surface area contributed by atoms with E-state index in [0.29, 0.717) is 23.1 Å². The molecule has 0 radical (unpaired) electrons. The van der Waals surface area contributed by atoms with Crippen molar-refractivity contribution in [2.24, 2.45) is 0 Å². The van der Waals surface area contributed by atoms with Gasteiger partial charge < -0.3 is 14.9 Å². The van der Waals surface area contributed by atoms with Crippen LogP contribution in [0.5, 0.6) is 0 Å². The van der Waals surface area contributed by atoms with Crippen molar-refractivity contribution in [3.05, 3.63) is 48.7 Å². The van der Waals surface area contributed by atoms with E-state index < -0.39 is 12.1 Å². The Labute approximate surface area is 165 Å². The number of aromatic amines is 2. The van der Waals surface area contributed by atoms with Crippen LogP contribution < -0.4 is 4.90 Å². The number of rotatable bonds is 6. The summed E-state index contributed by atoms with van der Waals surface area (Å²) in [5, 5.41) is 7.16. The van der Waals surface area contributed by atoms with Crippen molar-refractivity contribution in [2.45, 2.75) is 25.2 Å². The molecule has 0 aromatic carbocycles. The van der Waals surface area contributed by atoms with Crippen molar-refractivity contribution in [1.29, 1.82) is 5.41 Å². The van der Waals surface area contributed by atoms with Crippen LogP contribution in [0.4, 0.5) is 14.6 Å². The van der Waals surface area contributed by atoms with Gasteiger partial charge in [-0.2, -0.15) is 0 Å². The number of anilines is 1. The first-order valence-electron chi connectivity index (χ1n) is 9.25. The largest absolute Gasteiger partial charge is 0.356 e. The van der Waals surface area contributed by atoms with E-state index in [1.54, 1.807) is 12.5 Å². The summed E-state index contributed by atoms with van der Waals surface area (Å²) in [5.41, 5.74) is 1.68. The third kappa shape index (κ3) is 4.36. The number of allylic oxidation sites excluding steroid dienone is 1. The second-order valence-corrected chi connectivity index (χ2v) is 6.83. The van der Waals surface area contributed by atoms with Gasteiger partial charge in [0, 0.05) is 37.0 Å². The monoisotopic (exact) mass is 398 g/mol. The molecule has 0 bridgehead atoms. The molecule has 4 rings (SSSR count). The molecule has 10 heteroatoms. The first kappa shape index (κ1) is 18.9. The van der Waals surface area contributed by atoms with E-state index in [1.165, 1.54) is 12.4 Å². The highest BCUT2D eigenvalue weighted by Crippen LogP contribution is 2.29. The second-order valence-electron chi connectivity index (χ2n) is 6.83. The number of hydrogen-bond donors (Lipinski definition) is 3. The molecule has 1 saturated heterocycles. The molecule has 0 saturated carbocycles. The third-order valence-electron chi connectivity index (χ3n) is 4.88. The summed E-state index contributed by atoms with van der Waals surface area (Å²) in [5.74, 6) is 1.58. The van der Waals surface area contributed by atoms with Crippen LogP contribution in [0.1, 0.15) is 30.3 Å². The highest BCUT2D eigenvalue weighted by Gasteiger charge is 2.23. The summed E-state index contributed by atoms with van der Waals surface area (Å²) in [6.45, 7) is 1.75. The average molecular weight is 398 g/mol. The van der Waals surface area contributed by atoms with E-state index in [4.69, 9.17) is 5.41 Å². The number of nitrogens with one attached hydrogen (secondary N) is 3. The highest BCUT2D eigenvalue weighted by atomic mass is 19.3. The van der Waals surface area contributed by atoms with E-state index in [2.05, 4.69) is 34.8 Å². The predicted octanol–water partition coefficient (Wildman–Crippen LogP) is 3.27. The number of imidazole rings is 2. The van der Waals surface area contributed by atoms with E-state index in [0.717, 1.165) is 43.5 Å². The van der Waals surface area contributed by atoms with Gasteiger partial charge in [0.05, 0.1) is 29.6 Å². The number of alkyl halides is 2. The molecule has 3 aromatic rings.